The van der Waals surface area contributed by atoms with Gasteiger partial charge in [0.15, 0.2) is 0 Å². The Balaban J connectivity index is 1.76. The Labute approximate surface area is 129 Å². The van der Waals surface area contributed by atoms with Gasteiger partial charge in [0.25, 0.3) is 0 Å². The Kier molecular flexibility index (Phi) is 3.78. The molecule has 0 unspecified atom stereocenters. The Morgan fingerprint density at radius 1 is 1.27 bits per heavy atom. The first-order valence-corrected chi connectivity index (χ1v) is 7.72. The van der Waals surface area contributed by atoms with Gasteiger partial charge in [-0.15, -0.1) is 0 Å². The molecular weight excluding hydrogens is 290 g/mol. The lowest BCUT2D eigenvalue weighted by molar-refractivity contribution is -0.0979. The van der Waals surface area contributed by atoms with Crippen LogP contribution in [0.25, 0.3) is 0 Å². The van der Waals surface area contributed by atoms with E-state index in [1.807, 2.05) is 20.8 Å². The number of benzene rings is 1. The fraction of sp³-hybridized carbons (Fsp3) is 0.647. The van der Waals surface area contributed by atoms with Crippen molar-refractivity contribution < 1.29 is 23.4 Å². The van der Waals surface area contributed by atoms with E-state index in [0.29, 0.717) is 5.56 Å². The van der Waals surface area contributed by atoms with E-state index in [4.69, 9.17) is 9.47 Å². The number of halogens is 2. The highest BCUT2D eigenvalue weighted by Gasteiger charge is 2.66. The van der Waals surface area contributed by atoms with Crippen molar-refractivity contribution in [3.8, 4) is 0 Å². The molecule has 22 heavy (non-hydrogen) atoms. The molecule has 2 saturated heterocycles. The van der Waals surface area contributed by atoms with Gasteiger partial charge >= 0.3 is 0 Å². The molecule has 0 amide bonds. The van der Waals surface area contributed by atoms with Gasteiger partial charge in [-0.2, -0.15) is 0 Å². The smallest absolute Gasteiger partial charge is 0.126 e. The molecule has 2 bridgehead atoms. The third-order valence-corrected chi connectivity index (χ3v) is 5.15. The predicted octanol–water partition coefficient (Wildman–Crippen LogP) is 3.19. The average Bonchev–Trinajstić information content (AvgIpc) is 2.87. The highest BCUT2D eigenvalue weighted by Crippen LogP contribution is 2.55. The minimum Gasteiger partial charge on any atom is -0.387 e. The van der Waals surface area contributed by atoms with Crippen LogP contribution in [0.15, 0.2) is 18.2 Å². The van der Waals surface area contributed by atoms with Crippen molar-refractivity contribution in [3.05, 3.63) is 35.4 Å². The topological polar surface area (TPSA) is 38.7 Å². The zero-order valence-electron chi connectivity index (χ0n) is 13.1. The molecule has 1 N–H and O–H groups in total. The van der Waals surface area contributed by atoms with Crippen LogP contribution >= 0.6 is 0 Å². The number of rotatable bonds is 4. The van der Waals surface area contributed by atoms with Crippen LogP contribution in [0.1, 0.15) is 39.2 Å². The molecule has 2 aliphatic heterocycles. The predicted molar refractivity (Wildman–Crippen MR) is 77.2 cm³/mol. The van der Waals surface area contributed by atoms with E-state index in [1.54, 1.807) is 0 Å². The van der Waals surface area contributed by atoms with Crippen molar-refractivity contribution in [2.45, 2.75) is 63.6 Å². The van der Waals surface area contributed by atoms with Crippen LogP contribution in [0.5, 0.6) is 0 Å². The van der Waals surface area contributed by atoms with E-state index in [2.05, 4.69) is 0 Å². The van der Waals surface area contributed by atoms with Crippen molar-refractivity contribution >= 4 is 0 Å². The summed E-state index contributed by atoms with van der Waals surface area (Å²) >= 11 is 0. The monoisotopic (exact) mass is 312 g/mol. The first-order valence-electron chi connectivity index (χ1n) is 7.72. The second-order valence-electron chi connectivity index (χ2n) is 6.98. The van der Waals surface area contributed by atoms with Gasteiger partial charge in [0.2, 0.25) is 0 Å². The number of ether oxygens (including phenoxy) is 2. The summed E-state index contributed by atoms with van der Waals surface area (Å²) in [4.78, 5) is 0. The second-order valence-corrected chi connectivity index (χ2v) is 6.98. The second kappa shape index (κ2) is 5.25. The van der Waals surface area contributed by atoms with E-state index in [1.165, 1.54) is 12.1 Å². The highest BCUT2D eigenvalue weighted by molar-refractivity contribution is 5.19. The molecular formula is C17H22F2O3. The number of aliphatic hydroxyl groups excluding tert-OH is 1. The lowest BCUT2D eigenvalue weighted by Crippen LogP contribution is -2.51. The number of hydrogen-bond acceptors (Lipinski definition) is 3. The van der Waals surface area contributed by atoms with E-state index in [-0.39, 0.29) is 12.5 Å². The van der Waals surface area contributed by atoms with Crippen LogP contribution in [-0.4, -0.2) is 28.5 Å². The molecule has 3 rings (SSSR count). The minimum atomic E-state index is -0.732. The molecule has 5 heteroatoms. The zero-order chi connectivity index (χ0) is 16.1. The molecule has 0 aromatic heterocycles. The molecule has 3 nitrogen and oxygen atoms in total. The van der Waals surface area contributed by atoms with Gasteiger partial charge in [0, 0.05) is 6.07 Å². The quantitative estimate of drug-likeness (QED) is 0.928. The summed E-state index contributed by atoms with van der Waals surface area (Å²) in [5.41, 5.74) is -0.711. The fourth-order valence-corrected chi connectivity index (χ4v) is 3.87. The van der Waals surface area contributed by atoms with E-state index < -0.39 is 35.0 Å². The van der Waals surface area contributed by atoms with Gasteiger partial charge < -0.3 is 14.6 Å². The third-order valence-electron chi connectivity index (χ3n) is 5.15. The lowest BCUT2D eigenvalue weighted by Gasteiger charge is -2.36. The Morgan fingerprint density at radius 2 is 1.91 bits per heavy atom. The molecule has 1 aromatic rings. The number of hydrogen-bond donors (Lipinski definition) is 1. The van der Waals surface area contributed by atoms with Crippen LogP contribution in [0, 0.1) is 17.6 Å². The molecule has 122 valence electrons. The van der Waals surface area contributed by atoms with Crippen LogP contribution < -0.4 is 0 Å². The number of fused-ring (bicyclic) bond motifs is 2. The van der Waals surface area contributed by atoms with Crippen molar-refractivity contribution in [1.82, 2.24) is 0 Å². The normalized spacial score (nSPS) is 37.2. The Bertz CT molecular complexity index is 557. The Hall–Kier alpha value is -1.04. The average molecular weight is 312 g/mol. The first kappa shape index (κ1) is 15.8. The van der Waals surface area contributed by atoms with E-state index in [0.717, 1.165) is 18.9 Å². The fourth-order valence-electron chi connectivity index (χ4n) is 3.87. The summed E-state index contributed by atoms with van der Waals surface area (Å²) < 4.78 is 38.4. The van der Waals surface area contributed by atoms with Gasteiger partial charge in [-0.1, -0.05) is 13.8 Å². The molecule has 0 spiro atoms. The van der Waals surface area contributed by atoms with Gasteiger partial charge in [-0.05, 0) is 43.4 Å². The highest BCUT2D eigenvalue weighted by atomic mass is 19.1. The molecule has 1 aromatic carbocycles. The van der Waals surface area contributed by atoms with Crippen molar-refractivity contribution in [3.63, 3.8) is 0 Å². The van der Waals surface area contributed by atoms with Crippen LogP contribution in [0.3, 0.4) is 0 Å². The van der Waals surface area contributed by atoms with Crippen LogP contribution in [0.2, 0.25) is 0 Å². The summed E-state index contributed by atoms with van der Waals surface area (Å²) in [5.74, 6) is -1.09. The summed E-state index contributed by atoms with van der Waals surface area (Å²) in [5, 5.41) is 10.7. The maximum atomic E-state index is 13.2. The molecule has 0 radical (unpaired) electrons. The molecule has 0 aliphatic carbocycles. The standard InChI is InChI=1S/C17H22F2O3/c1-10(2)17-5-4-16(3,22-17)15(14(17)20)21-9-11-6-12(18)8-13(19)7-11/h6-8,10,14-15,20H,4-5,9H2,1-3H3/t14-,15-,16+,17+/m1/s1. The van der Waals surface area contributed by atoms with Gasteiger partial charge in [0.05, 0.1) is 17.8 Å². The van der Waals surface area contributed by atoms with E-state index in [9.17, 15) is 13.9 Å². The molecule has 2 heterocycles. The van der Waals surface area contributed by atoms with Crippen molar-refractivity contribution in [1.29, 1.82) is 0 Å². The first-order chi connectivity index (χ1) is 10.3. The third kappa shape index (κ3) is 2.36. The van der Waals surface area contributed by atoms with Crippen molar-refractivity contribution in [2.24, 2.45) is 5.92 Å². The Morgan fingerprint density at radius 3 is 2.45 bits per heavy atom. The summed E-state index contributed by atoms with van der Waals surface area (Å²) in [6, 6.07) is 3.31. The van der Waals surface area contributed by atoms with Crippen LogP contribution in [-0.2, 0) is 16.1 Å². The SMILES string of the molecule is CC(C)[C@]12CC[C@](C)(O1)[C@H](OCc1cc(F)cc(F)c1)[C@H]2O. The maximum absolute atomic E-state index is 13.2. The lowest BCUT2D eigenvalue weighted by atomic mass is 9.73. The van der Waals surface area contributed by atoms with Gasteiger partial charge in [-0.3, -0.25) is 0 Å². The van der Waals surface area contributed by atoms with Crippen LogP contribution in [0.4, 0.5) is 8.78 Å². The maximum Gasteiger partial charge on any atom is 0.126 e. The van der Waals surface area contributed by atoms with Gasteiger partial charge in [0.1, 0.15) is 23.8 Å². The van der Waals surface area contributed by atoms with Crippen molar-refractivity contribution in [2.75, 3.05) is 0 Å². The van der Waals surface area contributed by atoms with E-state index >= 15 is 0 Å². The van der Waals surface area contributed by atoms with Gasteiger partial charge in [-0.25, -0.2) is 8.78 Å². The molecule has 4 atom stereocenters. The minimum absolute atomic E-state index is 0.0452. The molecule has 0 saturated carbocycles. The largest absolute Gasteiger partial charge is 0.387 e. The molecule has 2 aliphatic rings. The summed E-state index contributed by atoms with van der Waals surface area (Å²) in [6.45, 7) is 6.03. The number of aliphatic hydroxyl groups is 1. The molecule has 2 fully saturated rings. The summed E-state index contributed by atoms with van der Waals surface area (Å²) in [7, 11) is 0. The zero-order valence-corrected chi connectivity index (χ0v) is 13.1. The summed E-state index contributed by atoms with van der Waals surface area (Å²) in [6.07, 6.45) is 0.390.